The topological polar surface area (TPSA) is 49.3 Å². The highest BCUT2D eigenvalue weighted by molar-refractivity contribution is 8.01. The van der Waals surface area contributed by atoms with E-state index < -0.39 is 0 Å². The highest BCUT2D eigenvalue weighted by Crippen LogP contribution is 2.37. The Labute approximate surface area is 165 Å². The SMILES string of the molecule is Cc1cc(N2CCN(C(=O)C3Cc4ccccc4S3)CC2)nc(C(C)C)n1. The summed E-state index contributed by atoms with van der Waals surface area (Å²) in [5.41, 5.74) is 2.31. The number of carbonyl (C=O) groups is 1. The number of thioether (sulfide) groups is 1. The molecule has 2 aliphatic heterocycles. The van der Waals surface area contributed by atoms with Crippen LogP contribution in [-0.2, 0) is 11.2 Å². The van der Waals surface area contributed by atoms with Crippen molar-refractivity contribution in [2.24, 2.45) is 0 Å². The van der Waals surface area contributed by atoms with Gasteiger partial charge in [-0.05, 0) is 25.0 Å². The number of nitrogens with zero attached hydrogens (tertiary/aromatic N) is 4. The maximum absolute atomic E-state index is 13.0. The number of rotatable bonds is 3. The fourth-order valence-electron chi connectivity index (χ4n) is 3.67. The predicted octanol–water partition coefficient (Wildman–Crippen LogP) is 3.27. The maximum atomic E-state index is 13.0. The Kier molecular flexibility index (Phi) is 5.08. The molecule has 1 fully saturated rings. The van der Waals surface area contributed by atoms with Gasteiger partial charge in [-0.1, -0.05) is 32.0 Å². The minimum atomic E-state index is 0.0304. The lowest BCUT2D eigenvalue weighted by Gasteiger charge is -2.36. The van der Waals surface area contributed by atoms with Crippen LogP contribution >= 0.6 is 11.8 Å². The van der Waals surface area contributed by atoms with E-state index in [1.165, 1.54) is 10.5 Å². The molecule has 1 aromatic carbocycles. The van der Waals surface area contributed by atoms with Crippen molar-refractivity contribution in [2.45, 2.75) is 43.3 Å². The van der Waals surface area contributed by atoms with E-state index in [2.05, 4.69) is 41.9 Å². The van der Waals surface area contributed by atoms with E-state index in [0.29, 0.717) is 5.92 Å². The second-order valence-electron chi connectivity index (χ2n) is 7.61. The second-order valence-corrected chi connectivity index (χ2v) is 8.86. The number of piperazine rings is 1. The molecule has 1 unspecified atom stereocenters. The smallest absolute Gasteiger partial charge is 0.236 e. The molecular formula is C21H26N4OS. The lowest BCUT2D eigenvalue weighted by atomic mass is 10.1. The minimum absolute atomic E-state index is 0.0304. The first-order chi connectivity index (χ1) is 13.0. The Hall–Kier alpha value is -2.08. The third kappa shape index (κ3) is 3.81. The third-order valence-electron chi connectivity index (χ3n) is 5.21. The average Bonchev–Trinajstić information content (AvgIpc) is 3.11. The number of hydrogen-bond donors (Lipinski definition) is 0. The van der Waals surface area contributed by atoms with E-state index in [1.54, 1.807) is 11.8 Å². The zero-order valence-electron chi connectivity index (χ0n) is 16.2. The molecule has 2 aliphatic rings. The number of hydrogen-bond acceptors (Lipinski definition) is 5. The molecule has 3 heterocycles. The summed E-state index contributed by atoms with van der Waals surface area (Å²) >= 11 is 1.72. The molecule has 0 radical (unpaired) electrons. The van der Waals surface area contributed by atoms with E-state index in [0.717, 1.165) is 49.9 Å². The summed E-state index contributed by atoms with van der Waals surface area (Å²) in [6, 6.07) is 10.4. The number of benzene rings is 1. The first kappa shape index (κ1) is 18.3. The summed E-state index contributed by atoms with van der Waals surface area (Å²) in [5, 5.41) is 0.0304. The number of anilines is 1. The van der Waals surface area contributed by atoms with Gasteiger partial charge in [0.25, 0.3) is 0 Å². The molecule has 0 bridgehead atoms. The molecule has 1 aromatic heterocycles. The Morgan fingerprint density at radius 3 is 2.59 bits per heavy atom. The van der Waals surface area contributed by atoms with Crippen molar-refractivity contribution in [1.82, 2.24) is 14.9 Å². The van der Waals surface area contributed by atoms with Gasteiger partial charge < -0.3 is 9.80 Å². The van der Waals surface area contributed by atoms with Crippen molar-refractivity contribution in [3.8, 4) is 0 Å². The van der Waals surface area contributed by atoms with E-state index in [-0.39, 0.29) is 11.2 Å². The number of carbonyl (C=O) groups excluding carboxylic acids is 1. The first-order valence-corrected chi connectivity index (χ1v) is 10.5. The lowest BCUT2D eigenvalue weighted by Crippen LogP contribution is -2.51. The third-order valence-corrected chi connectivity index (χ3v) is 6.52. The Morgan fingerprint density at radius 1 is 1.15 bits per heavy atom. The van der Waals surface area contributed by atoms with Crippen LogP contribution in [0.4, 0.5) is 5.82 Å². The summed E-state index contributed by atoms with van der Waals surface area (Å²) < 4.78 is 0. The van der Waals surface area contributed by atoms with E-state index >= 15 is 0 Å². The second kappa shape index (κ2) is 7.50. The monoisotopic (exact) mass is 382 g/mol. The fourth-order valence-corrected chi connectivity index (χ4v) is 4.95. The van der Waals surface area contributed by atoms with Crippen LogP contribution in [0.15, 0.2) is 35.2 Å². The van der Waals surface area contributed by atoms with Crippen molar-refractivity contribution >= 4 is 23.5 Å². The minimum Gasteiger partial charge on any atom is -0.353 e. The standard InChI is InChI=1S/C21H26N4OS/c1-14(2)20-22-15(3)12-19(23-20)24-8-10-25(11-9-24)21(26)18-13-16-6-4-5-7-17(16)27-18/h4-7,12,14,18H,8-11,13H2,1-3H3. The Morgan fingerprint density at radius 2 is 1.89 bits per heavy atom. The fraction of sp³-hybridized carbons (Fsp3) is 0.476. The molecule has 0 saturated carbocycles. The highest BCUT2D eigenvalue weighted by atomic mass is 32.2. The van der Waals surface area contributed by atoms with Gasteiger partial charge in [0.2, 0.25) is 5.91 Å². The quantitative estimate of drug-likeness (QED) is 0.815. The van der Waals surface area contributed by atoms with Gasteiger partial charge in [0, 0.05) is 48.8 Å². The molecule has 6 heteroatoms. The molecule has 1 saturated heterocycles. The molecule has 2 aromatic rings. The zero-order valence-corrected chi connectivity index (χ0v) is 17.0. The van der Waals surface area contributed by atoms with Gasteiger partial charge in [-0.15, -0.1) is 11.8 Å². The van der Waals surface area contributed by atoms with Crippen LogP contribution in [0.5, 0.6) is 0 Å². The molecule has 0 N–H and O–H groups in total. The van der Waals surface area contributed by atoms with Crippen LogP contribution in [0.1, 0.15) is 36.8 Å². The summed E-state index contributed by atoms with van der Waals surface area (Å²) in [6.45, 7) is 9.41. The van der Waals surface area contributed by atoms with Crippen LogP contribution in [0, 0.1) is 6.92 Å². The summed E-state index contributed by atoms with van der Waals surface area (Å²) in [6.07, 6.45) is 0.850. The van der Waals surface area contributed by atoms with E-state index in [4.69, 9.17) is 4.98 Å². The van der Waals surface area contributed by atoms with Gasteiger partial charge in [-0.2, -0.15) is 0 Å². The number of aromatic nitrogens is 2. The molecule has 5 nitrogen and oxygen atoms in total. The van der Waals surface area contributed by atoms with Gasteiger partial charge in [-0.25, -0.2) is 9.97 Å². The van der Waals surface area contributed by atoms with Gasteiger partial charge in [0.15, 0.2) is 0 Å². The van der Waals surface area contributed by atoms with E-state index in [9.17, 15) is 4.79 Å². The molecule has 1 atom stereocenters. The van der Waals surface area contributed by atoms with Crippen LogP contribution in [-0.4, -0.2) is 52.2 Å². The van der Waals surface area contributed by atoms with Crippen LogP contribution < -0.4 is 4.90 Å². The van der Waals surface area contributed by atoms with Crippen molar-refractivity contribution in [1.29, 1.82) is 0 Å². The number of fused-ring (bicyclic) bond motifs is 1. The van der Waals surface area contributed by atoms with Crippen LogP contribution in [0.25, 0.3) is 0 Å². The van der Waals surface area contributed by atoms with E-state index in [1.807, 2.05) is 24.0 Å². The van der Waals surface area contributed by atoms with Gasteiger partial charge in [-0.3, -0.25) is 4.79 Å². The van der Waals surface area contributed by atoms with Crippen molar-refractivity contribution in [2.75, 3.05) is 31.1 Å². The number of amides is 1. The van der Waals surface area contributed by atoms with Crippen LogP contribution in [0.3, 0.4) is 0 Å². The molecule has 4 rings (SSSR count). The predicted molar refractivity (Wildman–Crippen MR) is 109 cm³/mol. The largest absolute Gasteiger partial charge is 0.353 e. The summed E-state index contributed by atoms with van der Waals surface area (Å²) in [5.74, 6) is 2.47. The molecular weight excluding hydrogens is 356 g/mol. The lowest BCUT2D eigenvalue weighted by molar-refractivity contribution is -0.130. The average molecular weight is 383 g/mol. The van der Waals surface area contributed by atoms with Gasteiger partial charge in [0.1, 0.15) is 11.6 Å². The maximum Gasteiger partial charge on any atom is 0.236 e. The van der Waals surface area contributed by atoms with Crippen LogP contribution in [0.2, 0.25) is 0 Å². The molecule has 0 aliphatic carbocycles. The Bertz CT molecular complexity index is 821. The molecule has 27 heavy (non-hydrogen) atoms. The van der Waals surface area contributed by atoms with Gasteiger partial charge in [0.05, 0.1) is 5.25 Å². The van der Waals surface area contributed by atoms with Crippen molar-refractivity contribution in [3.63, 3.8) is 0 Å². The summed E-state index contributed by atoms with van der Waals surface area (Å²) in [7, 11) is 0. The number of aryl methyl sites for hydroxylation is 1. The molecule has 1 amide bonds. The normalized spacial score (nSPS) is 19.5. The van der Waals surface area contributed by atoms with Crippen molar-refractivity contribution in [3.05, 3.63) is 47.4 Å². The molecule has 0 spiro atoms. The van der Waals surface area contributed by atoms with Gasteiger partial charge >= 0.3 is 0 Å². The highest BCUT2D eigenvalue weighted by Gasteiger charge is 2.33. The Balaban J connectivity index is 1.39. The zero-order chi connectivity index (χ0) is 19.0. The molecule has 142 valence electrons. The summed E-state index contributed by atoms with van der Waals surface area (Å²) in [4.78, 5) is 27.8. The first-order valence-electron chi connectivity index (χ1n) is 9.65. The van der Waals surface area contributed by atoms with Crippen molar-refractivity contribution < 1.29 is 4.79 Å².